The second-order valence-corrected chi connectivity index (χ2v) is 15.7. The van der Waals surface area contributed by atoms with Crippen LogP contribution in [0.5, 0.6) is 0 Å². The lowest BCUT2D eigenvalue weighted by Gasteiger charge is -2.26. The molecule has 0 saturated heterocycles. The quantitative estimate of drug-likeness (QED) is 0.139. The number of benzene rings is 11. The summed E-state index contributed by atoms with van der Waals surface area (Å²) in [7, 11) is 0. The summed E-state index contributed by atoms with van der Waals surface area (Å²) in [5.74, 6) is 0. The molecule has 0 aliphatic carbocycles. The Labute approximate surface area is 357 Å². The van der Waals surface area contributed by atoms with Gasteiger partial charge in [-0.2, -0.15) is 0 Å². The molecule has 286 valence electrons. The zero-order valence-corrected chi connectivity index (χ0v) is 33.6. The Bertz CT molecular complexity index is 3210. The van der Waals surface area contributed by atoms with Crippen LogP contribution in [-0.2, 0) is 0 Å². The average Bonchev–Trinajstić information content (AvgIpc) is 3.35. The third-order valence-corrected chi connectivity index (χ3v) is 12.1. The van der Waals surface area contributed by atoms with E-state index in [4.69, 9.17) is 0 Å². The van der Waals surface area contributed by atoms with Gasteiger partial charge in [0.15, 0.2) is 0 Å². The number of anilines is 3. The summed E-state index contributed by atoms with van der Waals surface area (Å²) >= 11 is 0. The Morgan fingerprint density at radius 2 is 0.590 bits per heavy atom. The Morgan fingerprint density at radius 1 is 0.213 bits per heavy atom. The maximum absolute atomic E-state index is 2.39. The molecule has 1 heteroatoms. The van der Waals surface area contributed by atoms with E-state index in [0.29, 0.717) is 0 Å². The number of hydrogen-bond donors (Lipinski definition) is 0. The number of nitrogens with zero attached hydrogens (tertiary/aromatic N) is 1. The summed E-state index contributed by atoms with van der Waals surface area (Å²) in [5.41, 5.74) is 15.4. The SMILES string of the molecule is c1ccc(-c2ccc(N(c3ccc(-c4ccccc4)cc3)c3ccc(-c4ccc(-c5ccc6ccccc6c5-c5cc6ccccc6c6ccccc56)cc4)cc3)cc2)cc1. The topological polar surface area (TPSA) is 3.24 Å². The molecule has 0 atom stereocenters. The van der Waals surface area contributed by atoms with E-state index in [1.54, 1.807) is 0 Å². The van der Waals surface area contributed by atoms with Crippen LogP contribution in [0.3, 0.4) is 0 Å². The first-order chi connectivity index (χ1) is 30.2. The highest BCUT2D eigenvalue weighted by atomic mass is 15.1. The van der Waals surface area contributed by atoms with Crippen LogP contribution in [0.4, 0.5) is 17.1 Å². The molecule has 11 aromatic carbocycles. The molecule has 0 N–H and O–H groups in total. The highest BCUT2D eigenvalue weighted by Gasteiger charge is 2.18. The molecular weight excluding hydrogens is 735 g/mol. The van der Waals surface area contributed by atoms with Gasteiger partial charge in [0.05, 0.1) is 0 Å². The van der Waals surface area contributed by atoms with Gasteiger partial charge in [0.1, 0.15) is 0 Å². The van der Waals surface area contributed by atoms with Crippen LogP contribution in [0.15, 0.2) is 249 Å². The third-order valence-electron chi connectivity index (χ3n) is 12.1. The van der Waals surface area contributed by atoms with Gasteiger partial charge < -0.3 is 4.90 Å². The van der Waals surface area contributed by atoms with Gasteiger partial charge in [-0.25, -0.2) is 0 Å². The standard InChI is InChI=1S/C60H41N/c1-3-13-42(14-4-1)45-27-34-51(35-28-45)61(52-36-29-46(30-37-52)43-15-5-2-6-16-43)53-38-31-47(32-39-53)44-23-25-49(26-24-44)56-40-33-48-17-7-10-20-55(48)60(56)59-41-50-18-8-9-19-54(50)57-21-11-12-22-58(57)59/h1-41H. The van der Waals surface area contributed by atoms with Crippen LogP contribution in [0, 0.1) is 0 Å². The molecule has 0 heterocycles. The maximum Gasteiger partial charge on any atom is 0.0462 e. The first kappa shape index (κ1) is 36.1. The van der Waals surface area contributed by atoms with Gasteiger partial charge in [0.25, 0.3) is 0 Å². The van der Waals surface area contributed by atoms with Crippen molar-refractivity contribution in [2.24, 2.45) is 0 Å². The van der Waals surface area contributed by atoms with E-state index in [-0.39, 0.29) is 0 Å². The largest absolute Gasteiger partial charge is 0.311 e. The Kier molecular flexibility index (Phi) is 9.26. The van der Waals surface area contributed by atoms with Crippen LogP contribution in [0.2, 0.25) is 0 Å². The van der Waals surface area contributed by atoms with Crippen LogP contribution in [0.1, 0.15) is 0 Å². The predicted octanol–water partition coefficient (Wildman–Crippen LogP) is 17.0. The van der Waals surface area contributed by atoms with E-state index in [0.717, 1.165) is 17.1 Å². The molecule has 0 saturated carbocycles. The monoisotopic (exact) mass is 775 g/mol. The highest BCUT2D eigenvalue weighted by Crippen LogP contribution is 2.44. The predicted molar refractivity (Wildman–Crippen MR) is 261 cm³/mol. The van der Waals surface area contributed by atoms with Gasteiger partial charge in [-0.3, -0.25) is 0 Å². The normalized spacial score (nSPS) is 11.3. The van der Waals surface area contributed by atoms with Gasteiger partial charge in [0, 0.05) is 17.1 Å². The number of rotatable bonds is 8. The third kappa shape index (κ3) is 6.83. The van der Waals surface area contributed by atoms with Crippen molar-refractivity contribution in [1.29, 1.82) is 0 Å². The van der Waals surface area contributed by atoms with Gasteiger partial charge in [-0.05, 0) is 130 Å². The Balaban J connectivity index is 0.956. The van der Waals surface area contributed by atoms with Gasteiger partial charge in [0.2, 0.25) is 0 Å². The summed E-state index contributed by atoms with van der Waals surface area (Å²) in [6.07, 6.45) is 0. The lowest BCUT2D eigenvalue weighted by atomic mass is 9.85. The molecule has 11 aromatic rings. The lowest BCUT2D eigenvalue weighted by molar-refractivity contribution is 1.28. The molecule has 0 aromatic heterocycles. The van der Waals surface area contributed by atoms with E-state index < -0.39 is 0 Å². The fourth-order valence-corrected chi connectivity index (χ4v) is 9.02. The molecule has 0 aliphatic rings. The minimum Gasteiger partial charge on any atom is -0.311 e. The minimum absolute atomic E-state index is 1.10. The van der Waals surface area contributed by atoms with Crippen molar-refractivity contribution >= 4 is 49.4 Å². The van der Waals surface area contributed by atoms with Crippen LogP contribution >= 0.6 is 0 Å². The Morgan fingerprint density at radius 3 is 1.11 bits per heavy atom. The van der Waals surface area contributed by atoms with Crippen molar-refractivity contribution in [1.82, 2.24) is 0 Å². The molecule has 0 unspecified atom stereocenters. The lowest BCUT2D eigenvalue weighted by Crippen LogP contribution is -2.09. The van der Waals surface area contributed by atoms with Crippen molar-refractivity contribution < 1.29 is 0 Å². The minimum atomic E-state index is 1.10. The van der Waals surface area contributed by atoms with Crippen molar-refractivity contribution in [3.63, 3.8) is 0 Å². The number of hydrogen-bond acceptors (Lipinski definition) is 1. The summed E-state index contributed by atoms with van der Waals surface area (Å²) in [6, 6.07) is 90.3. The fraction of sp³-hybridized carbons (Fsp3) is 0. The van der Waals surface area contributed by atoms with E-state index in [1.165, 1.54) is 88.0 Å². The van der Waals surface area contributed by atoms with E-state index >= 15 is 0 Å². The first-order valence-electron chi connectivity index (χ1n) is 21.0. The molecule has 0 aliphatic heterocycles. The second kappa shape index (κ2) is 15.6. The molecule has 0 bridgehead atoms. The van der Waals surface area contributed by atoms with E-state index in [9.17, 15) is 0 Å². The van der Waals surface area contributed by atoms with Crippen LogP contribution < -0.4 is 4.90 Å². The van der Waals surface area contributed by atoms with Crippen LogP contribution in [-0.4, -0.2) is 0 Å². The fourth-order valence-electron chi connectivity index (χ4n) is 9.02. The Hall–Kier alpha value is -8.00. The van der Waals surface area contributed by atoms with Crippen molar-refractivity contribution in [3.8, 4) is 55.6 Å². The molecule has 61 heavy (non-hydrogen) atoms. The van der Waals surface area contributed by atoms with Crippen molar-refractivity contribution in [3.05, 3.63) is 249 Å². The van der Waals surface area contributed by atoms with E-state index in [1.807, 2.05) is 0 Å². The molecule has 0 fully saturated rings. The van der Waals surface area contributed by atoms with E-state index in [2.05, 4.69) is 254 Å². The van der Waals surface area contributed by atoms with Crippen molar-refractivity contribution in [2.75, 3.05) is 4.90 Å². The molecule has 0 radical (unpaired) electrons. The van der Waals surface area contributed by atoms with Gasteiger partial charge in [-0.15, -0.1) is 0 Å². The van der Waals surface area contributed by atoms with Gasteiger partial charge >= 0.3 is 0 Å². The summed E-state index contributed by atoms with van der Waals surface area (Å²) in [4.78, 5) is 2.34. The summed E-state index contributed by atoms with van der Waals surface area (Å²) in [5, 5.41) is 7.58. The zero-order valence-electron chi connectivity index (χ0n) is 33.6. The molecule has 0 spiro atoms. The summed E-state index contributed by atoms with van der Waals surface area (Å²) in [6.45, 7) is 0. The maximum atomic E-state index is 2.39. The van der Waals surface area contributed by atoms with Gasteiger partial charge in [-0.1, -0.05) is 206 Å². The summed E-state index contributed by atoms with van der Waals surface area (Å²) < 4.78 is 0. The average molecular weight is 776 g/mol. The molecule has 11 rings (SSSR count). The van der Waals surface area contributed by atoms with Crippen LogP contribution in [0.25, 0.3) is 88.0 Å². The highest BCUT2D eigenvalue weighted by molar-refractivity contribution is 6.18. The smallest absolute Gasteiger partial charge is 0.0462 e. The molecule has 0 amide bonds. The molecular formula is C60H41N. The number of fused-ring (bicyclic) bond motifs is 4. The molecule has 1 nitrogen and oxygen atoms in total. The van der Waals surface area contributed by atoms with Crippen molar-refractivity contribution in [2.45, 2.75) is 0 Å². The first-order valence-corrected chi connectivity index (χ1v) is 21.0. The second-order valence-electron chi connectivity index (χ2n) is 15.7. The zero-order chi connectivity index (χ0) is 40.5.